The Morgan fingerprint density at radius 1 is 0.391 bits per heavy atom. The molecule has 0 fully saturated rings. The minimum Gasteiger partial charge on any atom is -0.310 e. The molecule has 3 aliphatic rings. The molecule has 10 rings (SSSR count). The Morgan fingerprint density at radius 3 is 1.61 bits per heavy atom. The fourth-order valence-corrected chi connectivity index (χ4v) is 6.59. The summed E-state index contributed by atoms with van der Waals surface area (Å²) in [4.78, 5) is 32.8. The third kappa shape index (κ3) is 3.61. The molecule has 0 saturated heterocycles. The number of H-pyrrole nitrogens is 2. The van der Waals surface area contributed by atoms with E-state index < -0.39 is 0 Å². The number of hydrogen-bond donors (Lipinski definition) is 2. The highest BCUT2D eigenvalue weighted by Gasteiger charge is 2.30. The first-order valence-corrected chi connectivity index (χ1v) is 15.1. The molecular formula is C38H23N8+. The molecule has 0 saturated carbocycles. The van der Waals surface area contributed by atoms with Crippen molar-refractivity contribution in [3.63, 3.8) is 0 Å². The van der Waals surface area contributed by atoms with E-state index in [1.807, 2.05) is 78.9 Å². The Bertz CT molecular complexity index is 2600. The number of aromatic nitrogens is 8. The van der Waals surface area contributed by atoms with Crippen molar-refractivity contribution in [3.8, 4) is 74.0 Å². The average Bonchev–Trinajstić information content (AvgIpc) is 3.85. The van der Waals surface area contributed by atoms with E-state index in [0.717, 1.165) is 61.3 Å². The molecular weight excluding hydrogens is 568 g/mol. The molecule has 5 heterocycles. The number of benzene rings is 5. The minimum absolute atomic E-state index is 0.581. The molecule has 0 spiro atoms. The van der Waals surface area contributed by atoms with Gasteiger partial charge in [0.25, 0.3) is 5.82 Å². The van der Waals surface area contributed by atoms with Crippen LogP contribution < -0.4 is 4.57 Å². The van der Waals surface area contributed by atoms with Crippen LogP contribution in [0.25, 0.3) is 96.1 Å². The largest absolute Gasteiger partial charge is 0.310 e. The molecule has 5 aromatic carbocycles. The van der Waals surface area contributed by atoms with Crippen LogP contribution in [0, 0.1) is 0 Å². The smallest absolute Gasteiger partial charge is 0.278 e. The second kappa shape index (κ2) is 9.48. The second-order valence-corrected chi connectivity index (χ2v) is 11.4. The zero-order chi connectivity index (χ0) is 30.2. The van der Waals surface area contributed by atoms with Gasteiger partial charge in [0.05, 0.1) is 10.9 Å². The highest BCUT2D eigenvalue weighted by molar-refractivity contribution is 6.04. The van der Waals surface area contributed by atoms with Crippen LogP contribution in [-0.2, 0) is 0 Å². The van der Waals surface area contributed by atoms with E-state index in [9.17, 15) is 0 Å². The van der Waals surface area contributed by atoms with Crippen LogP contribution in [-0.4, -0.2) is 34.9 Å². The molecule has 46 heavy (non-hydrogen) atoms. The Balaban J connectivity index is 1.45. The van der Waals surface area contributed by atoms with Crippen LogP contribution >= 0.6 is 0 Å². The Kier molecular flexibility index (Phi) is 5.12. The summed E-state index contributed by atoms with van der Waals surface area (Å²) in [5.41, 5.74) is 8.26. The highest BCUT2D eigenvalue weighted by atomic mass is 15.1. The minimum atomic E-state index is 0.581. The van der Waals surface area contributed by atoms with E-state index in [1.165, 1.54) is 0 Å². The van der Waals surface area contributed by atoms with Gasteiger partial charge in [-0.25, -0.2) is 15.0 Å². The van der Waals surface area contributed by atoms with Gasteiger partial charge in [-0.1, -0.05) is 96.0 Å². The number of fused-ring (bicyclic) bond motifs is 20. The number of hydrogen-bond acceptors (Lipinski definition) is 5. The van der Waals surface area contributed by atoms with Gasteiger partial charge in [0.2, 0.25) is 11.5 Å². The Hall–Kier alpha value is -6.54. The molecule has 8 nitrogen and oxygen atoms in total. The topological polar surface area (TPSA) is 99.9 Å². The van der Waals surface area contributed by atoms with Gasteiger partial charge < -0.3 is 4.98 Å². The fraction of sp³-hybridized carbons (Fsp3) is 0. The molecule has 3 aliphatic heterocycles. The second-order valence-electron chi connectivity index (χ2n) is 11.4. The first kappa shape index (κ1) is 24.9. The lowest BCUT2D eigenvalue weighted by molar-refractivity contribution is -0.559. The van der Waals surface area contributed by atoms with Crippen molar-refractivity contribution in [1.29, 1.82) is 0 Å². The number of rotatable bonds is 1. The molecule has 7 aromatic rings. The molecule has 214 valence electrons. The third-order valence-corrected chi connectivity index (χ3v) is 8.69. The van der Waals surface area contributed by atoms with Gasteiger partial charge in [0, 0.05) is 33.2 Å². The number of nitrogens with zero attached hydrogens (tertiary/aromatic N) is 6. The Morgan fingerprint density at radius 2 is 0.891 bits per heavy atom. The van der Waals surface area contributed by atoms with Gasteiger partial charge in [-0.2, -0.15) is 9.55 Å². The van der Waals surface area contributed by atoms with Crippen LogP contribution in [0.3, 0.4) is 0 Å². The predicted molar refractivity (Wildman–Crippen MR) is 178 cm³/mol. The quantitative estimate of drug-likeness (QED) is 0.191. The first-order chi connectivity index (χ1) is 22.8. The summed E-state index contributed by atoms with van der Waals surface area (Å²) in [5.74, 6) is 3.96. The summed E-state index contributed by atoms with van der Waals surface area (Å²) >= 11 is 0. The van der Waals surface area contributed by atoms with Crippen molar-refractivity contribution >= 4 is 22.1 Å². The van der Waals surface area contributed by atoms with E-state index in [4.69, 9.17) is 24.9 Å². The lowest BCUT2D eigenvalue weighted by Crippen LogP contribution is -2.34. The number of para-hydroxylation sites is 1. The van der Waals surface area contributed by atoms with Gasteiger partial charge in [0.1, 0.15) is 11.5 Å². The zero-order valence-corrected chi connectivity index (χ0v) is 24.3. The van der Waals surface area contributed by atoms with Crippen molar-refractivity contribution in [2.45, 2.75) is 0 Å². The van der Waals surface area contributed by atoms with E-state index in [1.54, 1.807) is 0 Å². The monoisotopic (exact) mass is 591 g/mol. The van der Waals surface area contributed by atoms with Crippen LogP contribution in [0.2, 0.25) is 0 Å². The average molecular weight is 592 g/mol. The Labute approximate surface area is 262 Å². The van der Waals surface area contributed by atoms with E-state index in [2.05, 4.69) is 63.1 Å². The van der Waals surface area contributed by atoms with E-state index in [-0.39, 0.29) is 0 Å². The SMILES string of the molecule is c1ccc(-[n+]2c3nc([nH]c4nc(nc5nc(nc6[nH]c2c2ccccc62)-c2ccccc2-5)-c2ccccc2-4)-c2ccccc2-3)cc1. The van der Waals surface area contributed by atoms with E-state index >= 15 is 0 Å². The molecule has 2 aromatic heterocycles. The van der Waals surface area contributed by atoms with Crippen LogP contribution in [0.5, 0.6) is 0 Å². The summed E-state index contributed by atoms with van der Waals surface area (Å²) in [6.45, 7) is 0. The first-order valence-electron chi connectivity index (χ1n) is 15.1. The lowest BCUT2D eigenvalue weighted by Gasteiger charge is -2.04. The van der Waals surface area contributed by atoms with Gasteiger partial charge in [-0.05, 0) is 36.4 Å². The molecule has 0 atom stereocenters. The van der Waals surface area contributed by atoms with Gasteiger partial charge >= 0.3 is 0 Å². The van der Waals surface area contributed by atoms with Crippen LogP contribution in [0.4, 0.5) is 0 Å². The third-order valence-electron chi connectivity index (χ3n) is 8.69. The maximum Gasteiger partial charge on any atom is 0.278 e. The summed E-state index contributed by atoms with van der Waals surface area (Å²) < 4.78 is 2.18. The van der Waals surface area contributed by atoms with Gasteiger partial charge in [0.15, 0.2) is 23.1 Å². The zero-order valence-electron chi connectivity index (χ0n) is 24.3. The number of nitrogens with one attached hydrogen (secondary N) is 2. The number of aromatic amines is 2. The summed E-state index contributed by atoms with van der Waals surface area (Å²) in [7, 11) is 0. The van der Waals surface area contributed by atoms with Gasteiger partial charge in [-0.15, -0.1) is 0 Å². The van der Waals surface area contributed by atoms with Crippen LogP contribution in [0.1, 0.15) is 0 Å². The maximum atomic E-state index is 5.29. The van der Waals surface area contributed by atoms with Gasteiger partial charge in [-0.3, -0.25) is 4.98 Å². The summed E-state index contributed by atoms with van der Waals surface area (Å²) in [5, 5.41) is 2.00. The van der Waals surface area contributed by atoms with Crippen molar-refractivity contribution in [2.24, 2.45) is 0 Å². The standard InChI is InChI=1S/C38H22N8/c1-2-12-22(13-3-1)46-37-29-20-10-8-18-27(29)35(44-37)42-33-25-16-6-4-14-23(25)31(40-33)39-32-24-15-5-7-17-26(24)34(41-32)43-36-28-19-9-11-21-30(28)38(46)45-36/h1-21H,(H,40,41,44,45)/p+1. The normalized spacial score (nSPS) is 11.9. The molecule has 0 aliphatic carbocycles. The van der Waals surface area contributed by atoms with Crippen molar-refractivity contribution in [3.05, 3.63) is 127 Å². The molecule has 0 unspecified atom stereocenters. The predicted octanol–water partition coefficient (Wildman–Crippen LogP) is 7.65. The molecule has 0 radical (unpaired) electrons. The molecule has 8 bridgehead atoms. The molecule has 8 heteroatoms. The van der Waals surface area contributed by atoms with Crippen LogP contribution in [0.15, 0.2) is 127 Å². The summed E-state index contributed by atoms with van der Waals surface area (Å²) in [6.07, 6.45) is 0. The summed E-state index contributed by atoms with van der Waals surface area (Å²) in [6, 6.07) is 43.1. The van der Waals surface area contributed by atoms with Crippen molar-refractivity contribution in [1.82, 2.24) is 34.9 Å². The maximum absolute atomic E-state index is 5.29. The van der Waals surface area contributed by atoms with Crippen molar-refractivity contribution in [2.75, 3.05) is 0 Å². The van der Waals surface area contributed by atoms with Crippen molar-refractivity contribution < 1.29 is 4.57 Å². The van der Waals surface area contributed by atoms with E-state index in [0.29, 0.717) is 34.8 Å². The lowest BCUT2D eigenvalue weighted by atomic mass is 10.1. The molecule has 0 amide bonds. The highest BCUT2D eigenvalue weighted by Crippen LogP contribution is 2.39. The molecule has 2 N–H and O–H groups in total. The fourth-order valence-electron chi connectivity index (χ4n) is 6.59.